The molecule has 2 rings (SSSR count). The van der Waals surface area contributed by atoms with Gasteiger partial charge in [0.2, 0.25) is 5.95 Å². The van der Waals surface area contributed by atoms with E-state index < -0.39 is 10.8 Å². The molecule has 0 radical (unpaired) electrons. The Morgan fingerprint density at radius 3 is 2.67 bits per heavy atom. The number of hydrogen-bond acceptors (Lipinski definition) is 5. The van der Waals surface area contributed by atoms with E-state index in [2.05, 4.69) is 14.9 Å². The van der Waals surface area contributed by atoms with Crippen molar-refractivity contribution in [2.24, 2.45) is 0 Å². The van der Waals surface area contributed by atoms with E-state index in [-0.39, 0.29) is 0 Å². The zero-order valence-corrected chi connectivity index (χ0v) is 9.46. The van der Waals surface area contributed by atoms with E-state index in [1.807, 2.05) is 13.0 Å². The molecule has 0 amide bonds. The van der Waals surface area contributed by atoms with Gasteiger partial charge in [0, 0.05) is 47.2 Å². The number of nitrogen functional groups attached to an aromatic ring is 1. The lowest BCUT2D eigenvalue weighted by Crippen LogP contribution is -2.38. The Morgan fingerprint density at radius 1 is 1.40 bits per heavy atom. The van der Waals surface area contributed by atoms with Gasteiger partial charge in [-0.3, -0.25) is 4.21 Å². The van der Waals surface area contributed by atoms with Crippen LogP contribution in [0.25, 0.3) is 0 Å². The van der Waals surface area contributed by atoms with Crippen molar-refractivity contribution in [1.29, 1.82) is 0 Å². The van der Waals surface area contributed by atoms with Gasteiger partial charge in [0.25, 0.3) is 0 Å². The van der Waals surface area contributed by atoms with Gasteiger partial charge in [-0.2, -0.15) is 4.98 Å². The first-order chi connectivity index (χ1) is 7.15. The molecule has 6 heteroatoms. The summed E-state index contributed by atoms with van der Waals surface area (Å²) in [5.74, 6) is 2.57. The van der Waals surface area contributed by atoms with Crippen molar-refractivity contribution in [2.75, 3.05) is 35.2 Å². The molecule has 0 aliphatic carbocycles. The van der Waals surface area contributed by atoms with Crippen molar-refractivity contribution in [3.05, 3.63) is 11.8 Å². The first-order valence-electron chi connectivity index (χ1n) is 4.86. The normalized spacial score (nSPS) is 18.1. The zero-order valence-electron chi connectivity index (χ0n) is 8.64. The molecule has 1 aliphatic rings. The van der Waals surface area contributed by atoms with E-state index in [4.69, 9.17) is 5.73 Å². The highest BCUT2D eigenvalue weighted by atomic mass is 32.2. The third kappa shape index (κ3) is 2.44. The summed E-state index contributed by atoms with van der Waals surface area (Å²) in [7, 11) is -0.662. The van der Waals surface area contributed by atoms with Crippen molar-refractivity contribution in [3.8, 4) is 0 Å². The average molecular weight is 226 g/mol. The summed E-state index contributed by atoms with van der Waals surface area (Å²) in [4.78, 5) is 10.3. The summed E-state index contributed by atoms with van der Waals surface area (Å²) in [6, 6.07) is 1.91. The topological polar surface area (TPSA) is 72.1 Å². The van der Waals surface area contributed by atoms with Crippen molar-refractivity contribution in [1.82, 2.24) is 9.97 Å². The highest BCUT2D eigenvalue weighted by molar-refractivity contribution is 7.85. The van der Waals surface area contributed by atoms with Crippen molar-refractivity contribution < 1.29 is 4.21 Å². The minimum Gasteiger partial charge on any atom is -0.368 e. The number of nitrogens with zero attached hydrogens (tertiary/aromatic N) is 3. The Balaban J connectivity index is 2.18. The van der Waals surface area contributed by atoms with Gasteiger partial charge in [-0.15, -0.1) is 0 Å². The van der Waals surface area contributed by atoms with Crippen LogP contribution in [0.1, 0.15) is 5.69 Å². The van der Waals surface area contributed by atoms with Crippen LogP contribution in [0.3, 0.4) is 0 Å². The van der Waals surface area contributed by atoms with Gasteiger partial charge >= 0.3 is 0 Å². The third-order valence-electron chi connectivity index (χ3n) is 2.36. The minimum absolute atomic E-state index is 0.302. The largest absolute Gasteiger partial charge is 0.368 e. The second-order valence-electron chi connectivity index (χ2n) is 3.56. The number of anilines is 2. The molecule has 0 aromatic carbocycles. The fourth-order valence-electron chi connectivity index (χ4n) is 1.60. The Kier molecular flexibility index (Phi) is 2.86. The number of aromatic nitrogens is 2. The summed E-state index contributed by atoms with van der Waals surface area (Å²) < 4.78 is 11.2. The quantitative estimate of drug-likeness (QED) is 0.726. The number of nitrogens with two attached hydrogens (primary N) is 1. The van der Waals surface area contributed by atoms with Gasteiger partial charge in [0.05, 0.1) is 0 Å². The molecule has 0 saturated carbocycles. The molecule has 0 unspecified atom stereocenters. The van der Waals surface area contributed by atoms with Gasteiger partial charge in [-0.25, -0.2) is 4.98 Å². The fourth-order valence-corrected chi connectivity index (χ4v) is 2.66. The molecule has 0 spiro atoms. The fraction of sp³-hybridized carbons (Fsp3) is 0.556. The van der Waals surface area contributed by atoms with Crippen LogP contribution in [0.2, 0.25) is 0 Å². The molecule has 15 heavy (non-hydrogen) atoms. The smallest absolute Gasteiger partial charge is 0.222 e. The Morgan fingerprint density at radius 2 is 2.07 bits per heavy atom. The Labute approximate surface area is 91.2 Å². The summed E-state index contributed by atoms with van der Waals surface area (Å²) in [5, 5.41) is 0. The number of hydrogen-bond donors (Lipinski definition) is 1. The summed E-state index contributed by atoms with van der Waals surface area (Å²) in [6.45, 7) is 3.45. The van der Waals surface area contributed by atoms with Gasteiger partial charge in [-0.1, -0.05) is 0 Å². The maximum Gasteiger partial charge on any atom is 0.222 e. The average Bonchev–Trinajstić information content (AvgIpc) is 2.17. The Hall–Kier alpha value is -1.17. The number of aryl methyl sites for hydroxylation is 1. The van der Waals surface area contributed by atoms with E-state index in [0.29, 0.717) is 17.5 Å². The van der Waals surface area contributed by atoms with Crippen LogP contribution in [0, 0.1) is 6.92 Å². The lowest BCUT2D eigenvalue weighted by molar-refractivity contribution is 0.672. The lowest BCUT2D eigenvalue weighted by Gasteiger charge is -2.27. The zero-order chi connectivity index (χ0) is 10.8. The van der Waals surface area contributed by atoms with E-state index in [1.54, 1.807) is 0 Å². The summed E-state index contributed by atoms with van der Waals surface area (Å²) in [6.07, 6.45) is 0. The standard InChI is InChI=1S/C9H14N4OS/c1-7-6-8(12-9(10)11-7)13-2-4-15(14)5-3-13/h6H,2-5H2,1H3,(H2,10,11,12). The molecule has 2 N–H and O–H groups in total. The van der Waals surface area contributed by atoms with Crippen LogP contribution in [-0.4, -0.2) is 38.8 Å². The van der Waals surface area contributed by atoms with Crippen LogP contribution >= 0.6 is 0 Å². The molecular formula is C9H14N4OS. The van der Waals surface area contributed by atoms with Crippen molar-refractivity contribution >= 4 is 22.6 Å². The van der Waals surface area contributed by atoms with Gasteiger partial charge in [-0.05, 0) is 6.92 Å². The lowest BCUT2D eigenvalue weighted by atomic mass is 10.4. The molecule has 0 atom stereocenters. The molecule has 1 fully saturated rings. The van der Waals surface area contributed by atoms with Crippen LogP contribution in [0.5, 0.6) is 0 Å². The van der Waals surface area contributed by atoms with Gasteiger partial charge in [0.15, 0.2) is 0 Å². The minimum atomic E-state index is -0.662. The second kappa shape index (κ2) is 4.14. The number of rotatable bonds is 1. The monoisotopic (exact) mass is 226 g/mol. The van der Waals surface area contributed by atoms with E-state index in [0.717, 1.165) is 24.6 Å². The predicted molar refractivity (Wildman–Crippen MR) is 61.3 cm³/mol. The molecule has 1 aliphatic heterocycles. The van der Waals surface area contributed by atoms with E-state index in [9.17, 15) is 4.21 Å². The van der Waals surface area contributed by atoms with Crippen molar-refractivity contribution in [2.45, 2.75) is 6.92 Å². The van der Waals surface area contributed by atoms with Gasteiger partial charge < -0.3 is 10.6 Å². The van der Waals surface area contributed by atoms with Crippen LogP contribution < -0.4 is 10.6 Å². The molecule has 1 saturated heterocycles. The molecule has 5 nitrogen and oxygen atoms in total. The van der Waals surface area contributed by atoms with Crippen LogP contribution in [-0.2, 0) is 10.8 Å². The summed E-state index contributed by atoms with van der Waals surface area (Å²) in [5.41, 5.74) is 6.45. The maximum atomic E-state index is 11.2. The first kappa shape index (κ1) is 10.4. The van der Waals surface area contributed by atoms with Crippen LogP contribution in [0.4, 0.5) is 11.8 Å². The maximum absolute atomic E-state index is 11.2. The molecule has 1 aromatic rings. The highest BCUT2D eigenvalue weighted by Gasteiger charge is 2.16. The second-order valence-corrected chi connectivity index (χ2v) is 5.26. The van der Waals surface area contributed by atoms with Crippen molar-refractivity contribution in [3.63, 3.8) is 0 Å². The van der Waals surface area contributed by atoms with Crippen LogP contribution in [0.15, 0.2) is 6.07 Å². The predicted octanol–water partition coefficient (Wildman–Crippen LogP) is -0.0641. The van der Waals surface area contributed by atoms with Gasteiger partial charge in [0.1, 0.15) is 5.82 Å². The molecular weight excluding hydrogens is 212 g/mol. The van der Waals surface area contributed by atoms with E-state index >= 15 is 0 Å². The van der Waals surface area contributed by atoms with E-state index in [1.165, 1.54) is 0 Å². The molecule has 1 aromatic heterocycles. The molecule has 0 bridgehead atoms. The third-order valence-corrected chi connectivity index (χ3v) is 3.64. The SMILES string of the molecule is Cc1cc(N2CCS(=O)CC2)nc(N)n1. The first-order valence-corrected chi connectivity index (χ1v) is 6.35. The molecule has 82 valence electrons. The Bertz CT molecular complexity index is 365. The highest BCUT2D eigenvalue weighted by Crippen LogP contribution is 2.15. The summed E-state index contributed by atoms with van der Waals surface area (Å²) >= 11 is 0. The molecule has 2 heterocycles.